The lowest BCUT2D eigenvalue weighted by molar-refractivity contribution is -0.384. The first-order valence-corrected chi connectivity index (χ1v) is 9.97. The van der Waals surface area contributed by atoms with Gasteiger partial charge in [-0.2, -0.15) is 0 Å². The molecule has 1 aliphatic heterocycles. The molecule has 0 aromatic heterocycles. The van der Waals surface area contributed by atoms with Gasteiger partial charge in [0.05, 0.1) is 15.0 Å². The largest absolute Gasteiger partial charge is 0.481 e. The van der Waals surface area contributed by atoms with Crippen molar-refractivity contribution in [3.05, 3.63) is 67.1 Å². The summed E-state index contributed by atoms with van der Waals surface area (Å²) in [6.07, 6.45) is 0. The van der Waals surface area contributed by atoms with Crippen LogP contribution in [0.1, 0.15) is 5.56 Å². The minimum atomic E-state index is -0.601. The third kappa shape index (κ3) is 5.73. The number of non-ortho nitro benzene ring substituents is 1. The van der Waals surface area contributed by atoms with Crippen LogP contribution < -0.4 is 4.74 Å². The predicted molar refractivity (Wildman–Crippen MR) is 112 cm³/mol. The normalized spacial score (nSPS) is 14.7. The predicted octanol–water partition coefficient (Wildman–Crippen LogP) is 4.28. The second-order valence-electron chi connectivity index (χ2n) is 6.57. The Bertz CT molecular complexity index is 877. The third-order valence-corrected chi connectivity index (χ3v) is 5.39. The van der Waals surface area contributed by atoms with E-state index in [0.29, 0.717) is 18.1 Å². The van der Waals surface area contributed by atoms with Crippen molar-refractivity contribution in [2.75, 3.05) is 32.8 Å². The number of ether oxygens (including phenoxy) is 1. The molecule has 3 rings (SSSR count). The first kappa shape index (κ1) is 21.6. The topological polar surface area (TPSA) is 75.9 Å². The summed E-state index contributed by atoms with van der Waals surface area (Å²) >= 11 is 17.9. The van der Waals surface area contributed by atoms with Crippen molar-refractivity contribution in [3.63, 3.8) is 0 Å². The molecule has 2 aromatic carbocycles. The van der Waals surface area contributed by atoms with Crippen molar-refractivity contribution < 1.29 is 14.5 Å². The van der Waals surface area contributed by atoms with Gasteiger partial charge in [-0.3, -0.25) is 19.8 Å². The molecule has 1 fully saturated rings. The fourth-order valence-electron chi connectivity index (χ4n) is 3.02. The zero-order valence-corrected chi connectivity index (χ0v) is 17.6. The van der Waals surface area contributed by atoms with E-state index in [4.69, 9.17) is 39.5 Å². The summed E-state index contributed by atoms with van der Waals surface area (Å²) in [6, 6.07) is 9.99. The van der Waals surface area contributed by atoms with Crippen LogP contribution in [-0.4, -0.2) is 53.4 Å². The number of carbonyl (C=O) groups is 1. The second-order valence-corrected chi connectivity index (χ2v) is 7.82. The number of piperazine rings is 1. The van der Waals surface area contributed by atoms with Crippen molar-refractivity contribution in [3.8, 4) is 5.75 Å². The van der Waals surface area contributed by atoms with Gasteiger partial charge in [0.25, 0.3) is 11.6 Å². The molecular formula is C19H18Cl3N3O4. The van der Waals surface area contributed by atoms with E-state index in [2.05, 4.69) is 4.90 Å². The first-order chi connectivity index (χ1) is 13.8. The molecule has 29 heavy (non-hydrogen) atoms. The SMILES string of the molecule is O=C(COc1c(Cl)cc([N+](=O)[O-])cc1Cl)N1CCN(Cc2ccc(Cl)cc2)CC1. The van der Waals surface area contributed by atoms with Crippen molar-refractivity contribution in [2.45, 2.75) is 6.54 Å². The molecule has 1 aliphatic rings. The number of nitro groups is 1. The van der Waals surface area contributed by atoms with Gasteiger partial charge in [0, 0.05) is 49.9 Å². The van der Waals surface area contributed by atoms with Crippen LogP contribution in [-0.2, 0) is 11.3 Å². The van der Waals surface area contributed by atoms with Crippen LogP contribution in [0, 0.1) is 10.1 Å². The number of hydrogen-bond acceptors (Lipinski definition) is 5. The molecule has 0 bridgehead atoms. The maximum atomic E-state index is 12.4. The highest BCUT2D eigenvalue weighted by Gasteiger charge is 2.23. The van der Waals surface area contributed by atoms with Gasteiger partial charge in [0.15, 0.2) is 12.4 Å². The maximum absolute atomic E-state index is 12.4. The monoisotopic (exact) mass is 457 g/mol. The highest BCUT2D eigenvalue weighted by atomic mass is 35.5. The molecule has 0 unspecified atom stereocenters. The van der Waals surface area contributed by atoms with Gasteiger partial charge in [0.1, 0.15) is 0 Å². The number of nitro benzene ring substituents is 1. The molecule has 2 aromatic rings. The summed E-state index contributed by atoms with van der Waals surface area (Å²) in [5.74, 6) is -0.129. The van der Waals surface area contributed by atoms with Gasteiger partial charge in [-0.1, -0.05) is 46.9 Å². The molecule has 0 spiro atoms. The lowest BCUT2D eigenvalue weighted by Gasteiger charge is -2.34. The minimum absolute atomic E-state index is 0.00946. The van der Waals surface area contributed by atoms with Gasteiger partial charge in [-0.05, 0) is 17.7 Å². The van der Waals surface area contributed by atoms with E-state index in [1.54, 1.807) is 4.90 Å². The number of rotatable bonds is 6. The molecule has 1 amide bonds. The van der Waals surface area contributed by atoms with Crippen molar-refractivity contribution in [2.24, 2.45) is 0 Å². The number of nitrogens with zero attached hydrogens (tertiary/aromatic N) is 3. The van der Waals surface area contributed by atoms with E-state index in [1.807, 2.05) is 24.3 Å². The van der Waals surface area contributed by atoms with Crippen LogP contribution in [0.3, 0.4) is 0 Å². The Labute approximate surface area is 182 Å². The maximum Gasteiger partial charge on any atom is 0.272 e. The smallest absolute Gasteiger partial charge is 0.272 e. The second kappa shape index (κ2) is 9.63. The lowest BCUT2D eigenvalue weighted by Crippen LogP contribution is -2.49. The molecule has 0 N–H and O–H groups in total. The zero-order valence-electron chi connectivity index (χ0n) is 15.3. The summed E-state index contributed by atoms with van der Waals surface area (Å²) < 4.78 is 5.45. The van der Waals surface area contributed by atoms with E-state index < -0.39 is 4.92 Å². The molecule has 10 heteroatoms. The van der Waals surface area contributed by atoms with Crippen molar-refractivity contribution in [1.29, 1.82) is 0 Å². The van der Waals surface area contributed by atoms with E-state index in [-0.39, 0.29) is 34.0 Å². The number of amides is 1. The highest BCUT2D eigenvalue weighted by Crippen LogP contribution is 2.36. The molecule has 1 saturated heterocycles. The minimum Gasteiger partial charge on any atom is -0.481 e. The van der Waals surface area contributed by atoms with Crippen LogP contribution in [0.4, 0.5) is 5.69 Å². The summed E-state index contributed by atoms with van der Waals surface area (Å²) in [7, 11) is 0. The molecular weight excluding hydrogens is 441 g/mol. The summed E-state index contributed by atoms with van der Waals surface area (Å²) in [6.45, 7) is 3.20. The Balaban J connectivity index is 1.50. The Kier molecular flexibility index (Phi) is 7.18. The van der Waals surface area contributed by atoms with Crippen LogP contribution in [0.2, 0.25) is 15.1 Å². The molecule has 7 nitrogen and oxygen atoms in total. The van der Waals surface area contributed by atoms with E-state index in [9.17, 15) is 14.9 Å². The van der Waals surface area contributed by atoms with Gasteiger partial charge < -0.3 is 9.64 Å². The van der Waals surface area contributed by atoms with Crippen LogP contribution in [0.15, 0.2) is 36.4 Å². The Morgan fingerprint density at radius 2 is 1.62 bits per heavy atom. The van der Waals surface area contributed by atoms with E-state index in [0.717, 1.165) is 31.8 Å². The Morgan fingerprint density at radius 1 is 1.03 bits per heavy atom. The van der Waals surface area contributed by atoms with Crippen LogP contribution >= 0.6 is 34.8 Å². The lowest BCUT2D eigenvalue weighted by atomic mass is 10.2. The molecule has 0 aliphatic carbocycles. The van der Waals surface area contributed by atoms with Gasteiger partial charge in [-0.25, -0.2) is 0 Å². The van der Waals surface area contributed by atoms with E-state index >= 15 is 0 Å². The van der Waals surface area contributed by atoms with Gasteiger partial charge in [-0.15, -0.1) is 0 Å². The highest BCUT2D eigenvalue weighted by molar-refractivity contribution is 6.37. The number of benzene rings is 2. The average Bonchev–Trinajstić information content (AvgIpc) is 2.69. The molecule has 0 atom stereocenters. The molecule has 154 valence electrons. The van der Waals surface area contributed by atoms with Gasteiger partial charge >= 0.3 is 0 Å². The van der Waals surface area contributed by atoms with Crippen molar-refractivity contribution >= 4 is 46.4 Å². The first-order valence-electron chi connectivity index (χ1n) is 8.84. The molecule has 1 heterocycles. The van der Waals surface area contributed by atoms with Crippen molar-refractivity contribution in [1.82, 2.24) is 9.80 Å². The van der Waals surface area contributed by atoms with Crippen LogP contribution in [0.25, 0.3) is 0 Å². The van der Waals surface area contributed by atoms with Gasteiger partial charge in [0.2, 0.25) is 0 Å². The fraction of sp³-hybridized carbons (Fsp3) is 0.316. The Hall–Kier alpha value is -2.06. The summed E-state index contributed by atoms with van der Waals surface area (Å²) in [5.41, 5.74) is 0.926. The zero-order chi connectivity index (χ0) is 21.0. The fourth-order valence-corrected chi connectivity index (χ4v) is 3.73. The molecule has 0 saturated carbocycles. The quantitative estimate of drug-likeness (QED) is 0.477. The van der Waals surface area contributed by atoms with Crippen LogP contribution in [0.5, 0.6) is 5.75 Å². The number of hydrogen-bond donors (Lipinski definition) is 0. The average molecular weight is 459 g/mol. The summed E-state index contributed by atoms with van der Waals surface area (Å²) in [4.78, 5) is 26.6. The van der Waals surface area contributed by atoms with E-state index in [1.165, 1.54) is 5.56 Å². The molecule has 0 radical (unpaired) electrons. The standard InChI is InChI=1S/C19H18Cl3N3O4/c20-14-3-1-13(2-4-14)11-23-5-7-24(8-6-23)18(26)12-29-19-16(21)9-15(25(27)28)10-17(19)22/h1-4,9-10H,5-8,11-12H2. The summed E-state index contributed by atoms with van der Waals surface area (Å²) in [5, 5.41) is 11.5. The third-order valence-electron chi connectivity index (χ3n) is 4.58. The Morgan fingerprint density at radius 3 is 2.17 bits per heavy atom. The number of halogens is 3. The number of carbonyl (C=O) groups excluding carboxylic acids is 1.